The minimum absolute atomic E-state index is 0.242. The third-order valence-electron chi connectivity index (χ3n) is 2.51. The van der Waals surface area contributed by atoms with Crippen molar-refractivity contribution >= 4 is 24.4 Å². The molecule has 0 spiro atoms. The predicted octanol–water partition coefficient (Wildman–Crippen LogP) is 2.08. The topological polar surface area (TPSA) is 83.3 Å². The summed E-state index contributed by atoms with van der Waals surface area (Å²) in [5.41, 5.74) is 1.03. The first-order valence-corrected chi connectivity index (χ1v) is 6.06. The van der Waals surface area contributed by atoms with Crippen LogP contribution in [0.4, 0.5) is 0 Å². The summed E-state index contributed by atoms with van der Waals surface area (Å²) in [7, 11) is 0. The second kappa shape index (κ2) is 5.57. The van der Waals surface area contributed by atoms with E-state index in [9.17, 15) is 4.79 Å². The van der Waals surface area contributed by atoms with Crippen molar-refractivity contribution in [3.8, 4) is 0 Å². The fraction of sp³-hybridized carbons (Fsp3) is 0.167. The molecule has 2 aromatic rings. The summed E-state index contributed by atoms with van der Waals surface area (Å²) in [5.74, 6) is -0.211. The van der Waals surface area contributed by atoms with Gasteiger partial charge in [0.05, 0.1) is 11.8 Å². The summed E-state index contributed by atoms with van der Waals surface area (Å²) in [6, 6.07) is 6.42. The Balaban J connectivity index is 2.25. The lowest BCUT2D eigenvalue weighted by Gasteiger charge is -1.98. The maximum absolute atomic E-state index is 10.7. The number of rotatable bonds is 4. The van der Waals surface area contributed by atoms with E-state index in [1.54, 1.807) is 23.0 Å². The van der Waals surface area contributed by atoms with Crippen LogP contribution in [0, 0.1) is 4.77 Å². The molecule has 7 heteroatoms. The van der Waals surface area contributed by atoms with Gasteiger partial charge in [0.15, 0.2) is 5.82 Å². The first kappa shape index (κ1) is 13.2. The lowest BCUT2D eigenvalue weighted by molar-refractivity contribution is 0.0697. The van der Waals surface area contributed by atoms with Crippen LogP contribution in [-0.2, 0) is 6.42 Å². The third kappa shape index (κ3) is 2.94. The van der Waals surface area contributed by atoms with Crippen molar-refractivity contribution in [2.75, 3.05) is 0 Å². The minimum Gasteiger partial charge on any atom is -0.478 e. The fourth-order valence-corrected chi connectivity index (χ4v) is 1.71. The van der Waals surface area contributed by atoms with Crippen molar-refractivity contribution < 1.29 is 9.90 Å². The normalized spacial score (nSPS) is 11.0. The Morgan fingerprint density at radius 2 is 2.21 bits per heavy atom. The number of nitrogens with one attached hydrogen (secondary N) is 1. The third-order valence-corrected chi connectivity index (χ3v) is 2.78. The van der Waals surface area contributed by atoms with E-state index in [4.69, 9.17) is 17.3 Å². The number of aromatic amines is 1. The first-order valence-electron chi connectivity index (χ1n) is 5.66. The Morgan fingerprint density at radius 3 is 2.79 bits per heavy atom. The molecule has 98 valence electrons. The second-order valence-electron chi connectivity index (χ2n) is 3.78. The molecule has 0 unspecified atom stereocenters. The van der Waals surface area contributed by atoms with Gasteiger partial charge in [0.2, 0.25) is 4.77 Å². The largest absolute Gasteiger partial charge is 0.478 e. The van der Waals surface area contributed by atoms with E-state index in [2.05, 4.69) is 15.3 Å². The Bertz CT molecular complexity index is 670. The van der Waals surface area contributed by atoms with Gasteiger partial charge in [-0.05, 0) is 29.9 Å². The smallest absolute Gasteiger partial charge is 0.335 e. The molecule has 0 amide bonds. The number of carbonyl (C=O) groups is 1. The number of hydrogen-bond donors (Lipinski definition) is 2. The molecule has 1 aromatic heterocycles. The van der Waals surface area contributed by atoms with E-state index in [0.29, 0.717) is 11.2 Å². The van der Waals surface area contributed by atoms with Gasteiger partial charge in [0.25, 0.3) is 0 Å². The molecule has 1 heterocycles. The second-order valence-corrected chi connectivity index (χ2v) is 4.17. The average Bonchev–Trinajstić information content (AvgIpc) is 2.77. The molecular formula is C12H12N4O2S. The molecule has 0 aliphatic rings. The highest BCUT2D eigenvalue weighted by molar-refractivity contribution is 7.71. The number of carboxylic acid groups (broad SMARTS) is 1. The zero-order valence-corrected chi connectivity index (χ0v) is 11.0. The summed E-state index contributed by atoms with van der Waals surface area (Å²) in [6.07, 6.45) is 2.32. The van der Waals surface area contributed by atoms with Gasteiger partial charge >= 0.3 is 5.97 Å². The average molecular weight is 276 g/mol. The van der Waals surface area contributed by atoms with E-state index in [1.165, 1.54) is 12.1 Å². The van der Waals surface area contributed by atoms with Crippen LogP contribution in [0.2, 0.25) is 0 Å². The van der Waals surface area contributed by atoms with E-state index in [-0.39, 0.29) is 5.56 Å². The summed E-state index contributed by atoms with van der Waals surface area (Å²) < 4.78 is 1.97. The Hall–Kier alpha value is -2.28. The Morgan fingerprint density at radius 1 is 1.53 bits per heavy atom. The van der Waals surface area contributed by atoms with E-state index >= 15 is 0 Å². The fourth-order valence-electron chi connectivity index (χ4n) is 1.51. The van der Waals surface area contributed by atoms with Crippen molar-refractivity contribution in [2.45, 2.75) is 13.3 Å². The Kier molecular flexibility index (Phi) is 3.86. The standard InChI is InChI=1S/C12H12N4O2S/c1-2-10-14-15-12(19)16(10)13-7-8-3-5-9(6-4-8)11(17)18/h3-7H,2H2,1H3,(H,15,19)(H,17,18)/b13-7+. The van der Waals surface area contributed by atoms with Crippen LogP contribution in [-0.4, -0.2) is 32.2 Å². The van der Waals surface area contributed by atoms with Gasteiger partial charge in [0, 0.05) is 6.42 Å². The van der Waals surface area contributed by atoms with Gasteiger partial charge in [-0.2, -0.15) is 14.9 Å². The lowest BCUT2D eigenvalue weighted by atomic mass is 10.1. The maximum atomic E-state index is 10.7. The van der Waals surface area contributed by atoms with Crippen LogP contribution in [0.25, 0.3) is 0 Å². The Labute approximate surface area is 114 Å². The van der Waals surface area contributed by atoms with Crippen molar-refractivity contribution in [1.82, 2.24) is 14.9 Å². The summed E-state index contributed by atoms with van der Waals surface area (Å²) >= 11 is 5.06. The van der Waals surface area contributed by atoms with Gasteiger partial charge in [-0.25, -0.2) is 4.79 Å². The molecule has 0 atom stereocenters. The molecule has 0 aliphatic carbocycles. The van der Waals surface area contributed by atoms with E-state index < -0.39 is 5.97 Å². The number of H-pyrrole nitrogens is 1. The molecule has 0 radical (unpaired) electrons. The van der Waals surface area contributed by atoms with Crippen molar-refractivity contribution in [3.63, 3.8) is 0 Å². The number of nitrogens with zero attached hydrogens (tertiary/aromatic N) is 3. The summed E-state index contributed by atoms with van der Waals surface area (Å²) in [5, 5.41) is 19.7. The zero-order chi connectivity index (χ0) is 13.8. The first-order chi connectivity index (χ1) is 9.11. The molecule has 1 aromatic carbocycles. The van der Waals surface area contributed by atoms with Crippen molar-refractivity contribution in [1.29, 1.82) is 0 Å². The number of aromatic nitrogens is 3. The number of hydrogen-bond acceptors (Lipinski definition) is 4. The number of aromatic carboxylic acids is 1. The molecule has 19 heavy (non-hydrogen) atoms. The molecule has 6 nitrogen and oxygen atoms in total. The van der Waals surface area contributed by atoms with Gasteiger partial charge < -0.3 is 5.11 Å². The SMILES string of the molecule is CCc1n[nH]c(=S)n1/N=C/c1ccc(C(=O)O)cc1. The van der Waals surface area contributed by atoms with Gasteiger partial charge in [-0.15, -0.1) is 0 Å². The van der Waals surface area contributed by atoms with Gasteiger partial charge in [0.1, 0.15) is 0 Å². The van der Waals surface area contributed by atoms with Crippen LogP contribution >= 0.6 is 12.2 Å². The molecule has 0 fully saturated rings. The van der Waals surface area contributed by atoms with Gasteiger partial charge in [-0.1, -0.05) is 19.1 Å². The van der Waals surface area contributed by atoms with Crippen LogP contribution in [0.3, 0.4) is 0 Å². The molecule has 0 saturated heterocycles. The van der Waals surface area contributed by atoms with Crippen molar-refractivity contribution in [3.05, 3.63) is 46.0 Å². The van der Waals surface area contributed by atoms with Crippen LogP contribution < -0.4 is 0 Å². The summed E-state index contributed by atoms with van der Waals surface area (Å²) in [4.78, 5) is 10.7. The quantitative estimate of drug-likeness (QED) is 0.661. The minimum atomic E-state index is -0.950. The highest BCUT2D eigenvalue weighted by Gasteiger charge is 2.02. The van der Waals surface area contributed by atoms with Crippen molar-refractivity contribution in [2.24, 2.45) is 5.10 Å². The molecule has 0 bridgehead atoms. The van der Waals surface area contributed by atoms with E-state index in [1.807, 2.05) is 6.92 Å². The summed E-state index contributed by atoms with van der Waals surface area (Å²) in [6.45, 7) is 1.96. The molecule has 2 rings (SSSR count). The number of aryl methyl sites for hydroxylation is 1. The molecular weight excluding hydrogens is 264 g/mol. The van der Waals surface area contributed by atoms with E-state index in [0.717, 1.165) is 11.4 Å². The number of benzene rings is 1. The predicted molar refractivity (Wildman–Crippen MR) is 73.2 cm³/mol. The molecule has 2 N–H and O–H groups in total. The maximum Gasteiger partial charge on any atom is 0.335 e. The molecule has 0 aliphatic heterocycles. The molecule has 0 saturated carbocycles. The van der Waals surface area contributed by atoms with Crippen LogP contribution in [0.5, 0.6) is 0 Å². The van der Waals surface area contributed by atoms with Gasteiger partial charge in [-0.3, -0.25) is 5.10 Å². The zero-order valence-electron chi connectivity index (χ0n) is 10.2. The lowest BCUT2D eigenvalue weighted by Crippen LogP contribution is -1.98. The number of carboxylic acids is 1. The highest BCUT2D eigenvalue weighted by atomic mass is 32.1. The van der Waals surface area contributed by atoms with Crippen LogP contribution in [0.1, 0.15) is 28.7 Å². The highest BCUT2D eigenvalue weighted by Crippen LogP contribution is 2.03. The van der Waals surface area contributed by atoms with Crippen LogP contribution in [0.15, 0.2) is 29.4 Å². The monoisotopic (exact) mass is 276 g/mol.